The third-order valence-electron chi connectivity index (χ3n) is 4.76. The van der Waals surface area contributed by atoms with Crippen molar-refractivity contribution in [2.75, 3.05) is 0 Å². The van der Waals surface area contributed by atoms with E-state index in [4.69, 9.17) is 18.4 Å². The fourth-order valence-electron chi connectivity index (χ4n) is 3.18. The maximum absolute atomic E-state index is 12.7. The third kappa shape index (κ3) is 4.37. The number of pyridine rings is 2. The summed E-state index contributed by atoms with van der Waals surface area (Å²) in [7, 11) is 0. The van der Waals surface area contributed by atoms with E-state index >= 15 is 0 Å². The minimum absolute atomic E-state index is 0.0966. The van der Waals surface area contributed by atoms with Gasteiger partial charge in [0.2, 0.25) is 5.88 Å². The summed E-state index contributed by atoms with van der Waals surface area (Å²) in [6, 6.07) is 16.1. The lowest BCUT2D eigenvalue weighted by molar-refractivity contribution is 0.0435. The third-order valence-corrected chi connectivity index (χ3v) is 4.76. The highest BCUT2D eigenvalue weighted by Gasteiger charge is 2.23. The molecule has 5 aromatic rings. The van der Waals surface area contributed by atoms with Crippen LogP contribution >= 0.6 is 0 Å². The van der Waals surface area contributed by atoms with Gasteiger partial charge in [-0.2, -0.15) is 0 Å². The zero-order valence-corrected chi connectivity index (χ0v) is 17.9. The van der Waals surface area contributed by atoms with Crippen LogP contribution in [-0.4, -0.2) is 31.3 Å². The molecule has 5 rings (SSSR count). The molecule has 0 radical (unpaired) electrons. The largest absolute Gasteiger partial charge is 0.452 e. The van der Waals surface area contributed by atoms with Crippen molar-refractivity contribution >= 4 is 5.97 Å². The van der Waals surface area contributed by atoms with Crippen LogP contribution in [0.3, 0.4) is 0 Å². The lowest BCUT2D eigenvalue weighted by Gasteiger charge is -2.08. The monoisotopic (exact) mass is 455 g/mol. The molecular formula is C24H17N5O5. The minimum atomic E-state index is -0.655. The molecule has 10 heteroatoms. The zero-order chi connectivity index (χ0) is 23.3. The highest BCUT2D eigenvalue weighted by molar-refractivity contribution is 5.91. The van der Waals surface area contributed by atoms with E-state index in [1.807, 2.05) is 30.3 Å². The molecule has 0 saturated heterocycles. The first-order chi connectivity index (χ1) is 16.7. The Morgan fingerprint density at radius 1 is 1.00 bits per heavy atom. The molecule has 0 amide bonds. The molecule has 0 aliphatic rings. The van der Waals surface area contributed by atoms with Crippen LogP contribution in [0.5, 0.6) is 11.6 Å². The minimum Gasteiger partial charge on any atom is -0.452 e. The molecule has 4 heterocycles. The number of hydrogen-bond acceptors (Lipinski definition) is 10. The van der Waals surface area contributed by atoms with Crippen LogP contribution in [0.25, 0.3) is 22.7 Å². The second kappa shape index (κ2) is 9.33. The van der Waals surface area contributed by atoms with Gasteiger partial charge in [-0.15, -0.1) is 10.2 Å². The quantitative estimate of drug-likeness (QED) is 0.320. The number of aryl methyl sites for hydroxylation is 1. The van der Waals surface area contributed by atoms with E-state index in [0.29, 0.717) is 22.8 Å². The van der Waals surface area contributed by atoms with Gasteiger partial charge in [-0.1, -0.05) is 35.5 Å². The van der Waals surface area contributed by atoms with Crippen molar-refractivity contribution in [2.45, 2.75) is 13.5 Å². The van der Waals surface area contributed by atoms with Crippen LogP contribution < -0.4 is 4.74 Å². The molecular weight excluding hydrogens is 438 g/mol. The molecule has 168 valence electrons. The molecule has 10 nitrogen and oxygen atoms in total. The number of benzene rings is 1. The molecule has 34 heavy (non-hydrogen) atoms. The van der Waals surface area contributed by atoms with Crippen molar-refractivity contribution in [3.63, 3.8) is 0 Å². The molecule has 0 bridgehead atoms. The van der Waals surface area contributed by atoms with Crippen molar-refractivity contribution in [3.8, 4) is 34.3 Å². The van der Waals surface area contributed by atoms with Crippen LogP contribution in [0.1, 0.15) is 22.0 Å². The standard InChI is InChI=1S/C24H17N5O5/c1-15-20(21(29-34-15)16-7-3-2-4-8-16)23-28-27-19(33-23)14-31-24(30)18-10-6-12-26-22(18)32-17-9-5-11-25-13-17/h2-13H,14H2,1H3. The fraction of sp³-hybridized carbons (Fsp3) is 0.0833. The lowest BCUT2D eigenvalue weighted by Crippen LogP contribution is -2.08. The molecule has 0 spiro atoms. The average molecular weight is 455 g/mol. The second-order valence-corrected chi connectivity index (χ2v) is 7.05. The Balaban J connectivity index is 1.31. The van der Waals surface area contributed by atoms with Crippen molar-refractivity contribution < 1.29 is 23.2 Å². The van der Waals surface area contributed by atoms with Crippen LogP contribution in [0.4, 0.5) is 0 Å². The maximum atomic E-state index is 12.7. The number of esters is 1. The van der Waals surface area contributed by atoms with Gasteiger partial charge in [0.25, 0.3) is 11.8 Å². The summed E-state index contributed by atoms with van der Waals surface area (Å²) in [6.07, 6.45) is 4.64. The Kier molecular flexibility index (Phi) is 5.76. The Morgan fingerprint density at radius 2 is 1.85 bits per heavy atom. The van der Waals surface area contributed by atoms with Crippen LogP contribution in [0, 0.1) is 6.92 Å². The Hall–Kier alpha value is -4.86. The number of rotatable bonds is 7. The molecule has 0 N–H and O–H groups in total. The summed E-state index contributed by atoms with van der Waals surface area (Å²) < 4.78 is 22.1. The van der Waals surface area contributed by atoms with Crippen molar-refractivity contribution in [3.05, 3.63) is 90.4 Å². The number of aromatic nitrogens is 5. The first-order valence-electron chi connectivity index (χ1n) is 10.2. The summed E-state index contributed by atoms with van der Waals surface area (Å²) in [5, 5.41) is 12.2. The van der Waals surface area contributed by atoms with E-state index < -0.39 is 5.97 Å². The zero-order valence-electron chi connectivity index (χ0n) is 17.9. The molecule has 0 atom stereocenters. The van der Waals surface area contributed by atoms with Gasteiger partial charge in [-0.25, -0.2) is 9.78 Å². The number of carbonyl (C=O) groups excluding carboxylic acids is 1. The smallest absolute Gasteiger partial charge is 0.344 e. The summed E-state index contributed by atoms with van der Waals surface area (Å²) in [5.74, 6) is 0.734. The summed E-state index contributed by atoms with van der Waals surface area (Å²) in [5.41, 5.74) is 2.15. The highest BCUT2D eigenvalue weighted by atomic mass is 16.5. The van der Waals surface area contributed by atoms with Gasteiger partial charge in [-0.3, -0.25) is 4.98 Å². The average Bonchev–Trinajstić information content (AvgIpc) is 3.50. The van der Waals surface area contributed by atoms with E-state index in [-0.39, 0.29) is 29.8 Å². The second-order valence-electron chi connectivity index (χ2n) is 7.05. The molecule has 0 aliphatic carbocycles. The normalized spacial score (nSPS) is 10.7. The highest BCUT2D eigenvalue weighted by Crippen LogP contribution is 2.33. The summed E-state index contributed by atoms with van der Waals surface area (Å²) in [4.78, 5) is 20.8. The van der Waals surface area contributed by atoms with Crippen molar-refractivity contribution in [1.29, 1.82) is 0 Å². The topological polar surface area (TPSA) is 126 Å². The Labute approximate surface area is 193 Å². The number of nitrogens with zero attached hydrogens (tertiary/aromatic N) is 5. The van der Waals surface area contributed by atoms with Crippen LogP contribution in [-0.2, 0) is 11.3 Å². The fourth-order valence-corrected chi connectivity index (χ4v) is 3.18. The van der Waals surface area contributed by atoms with Gasteiger partial charge in [0.1, 0.15) is 28.3 Å². The number of carbonyl (C=O) groups is 1. The van der Waals surface area contributed by atoms with Gasteiger partial charge in [-0.05, 0) is 31.2 Å². The van der Waals surface area contributed by atoms with Crippen molar-refractivity contribution in [2.24, 2.45) is 0 Å². The van der Waals surface area contributed by atoms with Gasteiger partial charge >= 0.3 is 5.97 Å². The Morgan fingerprint density at radius 3 is 2.68 bits per heavy atom. The predicted octanol–water partition coefficient (Wildman–Crippen LogP) is 4.64. The van der Waals surface area contributed by atoms with Gasteiger partial charge in [0, 0.05) is 18.0 Å². The molecule has 0 aliphatic heterocycles. The van der Waals surface area contributed by atoms with Gasteiger partial charge < -0.3 is 18.4 Å². The van der Waals surface area contributed by atoms with Gasteiger partial charge in [0.15, 0.2) is 6.61 Å². The first kappa shape index (κ1) is 21.0. The molecule has 0 unspecified atom stereocenters. The van der Waals surface area contributed by atoms with Crippen molar-refractivity contribution in [1.82, 2.24) is 25.3 Å². The number of ether oxygens (including phenoxy) is 2. The van der Waals surface area contributed by atoms with E-state index in [9.17, 15) is 4.79 Å². The molecule has 0 fully saturated rings. The Bertz CT molecular complexity index is 1420. The van der Waals surface area contributed by atoms with Crippen LogP contribution in [0.15, 0.2) is 82.1 Å². The summed E-state index contributed by atoms with van der Waals surface area (Å²) >= 11 is 0. The number of hydrogen-bond donors (Lipinski definition) is 0. The van der Waals surface area contributed by atoms with E-state index in [1.54, 1.807) is 37.4 Å². The molecule has 1 aromatic carbocycles. The maximum Gasteiger partial charge on any atom is 0.344 e. The molecule has 4 aromatic heterocycles. The lowest BCUT2D eigenvalue weighted by atomic mass is 10.1. The predicted molar refractivity (Wildman–Crippen MR) is 118 cm³/mol. The van der Waals surface area contributed by atoms with E-state index in [1.165, 1.54) is 12.4 Å². The summed E-state index contributed by atoms with van der Waals surface area (Å²) in [6.45, 7) is 1.52. The SMILES string of the molecule is Cc1onc(-c2ccccc2)c1-c1nnc(COC(=O)c2cccnc2Oc2cccnc2)o1. The van der Waals surface area contributed by atoms with Gasteiger partial charge in [0.05, 0.1) is 6.20 Å². The van der Waals surface area contributed by atoms with E-state index in [2.05, 4.69) is 25.3 Å². The first-order valence-corrected chi connectivity index (χ1v) is 10.2. The van der Waals surface area contributed by atoms with E-state index in [0.717, 1.165) is 5.56 Å². The van der Waals surface area contributed by atoms with Crippen LogP contribution in [0.2, 0.25) is 0 Å². The molecule has 0 saturated carbocycles.